The van der Waals surface area contributed by atoms with E-state index in [1.165, 1.54) is 11.1 Å². The van der Waals surface area contributed by atoms with E-state index in [1.54, 1.807) is 0 Å². The Morgan fingerprint density at radius 3 is 2.87 bits per heavy atom. The number of hydrogen-bond acceptors (Lipinski definition) is 5. The minimum Gasteiger partial charge on any atom is -0.339 e. The molecule has 0 bridgehead atoms. The van der Waals surface area contributed by atoms with Gasteiger partial charge in [0, 0.05) is 25.6 Å². The number of piperazine rings is 1. The average molecular weight is 335 g/mol. The predicted octanol–water partition coefficient (Wildman–Crippen LogP) is 2.65. The van der Waals surface area contributed by atoms with E-state index in [4.69, 9.17) is 9.51 Å². The molecule has 1 aromatic heterocycles. The van der Waals surface area contributed by atoms with Gasteiger partial charge in [0.05, 0.1) is 6.04 Å². The van der Waals surface area contributed by atoms with Crippen molar-refractivity contribution in [1.82, 2.24) is 20.4 Å². The second-order valence-electron chi connectivity index (χ2n) is 6.50. The predicted molar refractivity (Wildman–Crippen MR) is 91.1 cm³/mol. The van der Waals surface area contributed by atoms with Gasteiger partial charge in [-0.1, -0.05) is 29.4 Å². The fourth-order valence-electron chi connectivity index (χ4n) is 3.44. The minimum absolute atomic E-state index is 0. The fourth-order valence-corrected chi connectivity index (χ4v) is 3.44. The van der Waals surface area contributed by atoms with Crippen molar-refractivity contribution in [1.29, 1.82) is 0 Å². The van der Waals surface area contributed by atoms with Gasteiger partial charge in [0.2, 0.25) is 5.89 Å². The van der Waals surface area contributed by atoms with Crippen molar-refractivity contribution in [2.75, 3.05) is 26.7 Å². The first-order chi connectivity index (χ1) is 10.7. The average Bonchev–Trinajstić information content (AvgIpc) is 3.17. The lowest BCUT2D eigenvalue weighted by atomic mass is 10.0. The molecule has 6 heteroatoms. The maximum absolute atomic E-state index is 5.57. The maximum atomic E-state index is 5.57. The van der Waals surface area contributed by atoms with E-state index < -0.39 is 0 Å². The molecule has 2 aromatic rings. The van der Waals surface area contributed by atoms with E-state index in [0.29, 0.717) is 11.8 Å². The van der Waals surface area contributed by atoms with Gasteiger partial charge in [-0.05, 0) is 37.4 Å². The van der Waals surface area contributed by atoms with Crippen LogP contribution in [0, 0.1) is 6.92 Å². The Balaban J connectivity index is 0.00000156. The SMILES string of the molecule is Cc1ccccc1C1CC1c1nc(C2CNCCN2C)no1.Cl. The smallest absolute Gasteiger partial charge is 0.230 e. The van der Waals surface area contributed by atoms with Crippen molar-refractivity contribution in [3.63, 3.8) is 0 Å². The zero-order valence-electron chi connectivity index (χ0n) is 13.5. The van der Waals surface area contributed by atoms with Crippen LogP contribution in [0.25, 0.3) is 0 Å². The maximum Gasteiger partial charge on any atom is 0.230 e. The van der Waals surface area contributed by atoms with Crippen LogP contribution in [0.5, 0.6) is 0 Å². The summed E-state index contributed by atoms with van der Waals surface area (Å²) in [5.41, 5.74) is 2.77. The lowest BCUT2D eigenvalue weighted by Gasteiger charge is -2.30. The van der Waals surface area contributed by atoms with Gasteiger partial charge >= 0.3 is 0 Å². The topological polar surface area (TPSA) is 54.2 Å². The number of aryl methyl sites for hydroxylation is 1. The first-order valence-electron chi connectivity index (χ1n) is 8.04. The molecule has 1 aliphatic carbocycles. The standard InChI is InChI=1S/C17H22N4O.ClH/c1-11-5-3-4-6-12(11)13-9-14(13)17-19-16(20-22-17)15-10-18-7-8-21(15)2;/h3-6,13-15,18H,7-10H2,1-2H3;1H. The second-order valence-corrected chi connectivity index (χ2v) is 6.50. The summed E-state index contributed by atoms with van der Waals surface area (Å²) in [5, 5.41) is 7.63. The third-order valence-corrected chi connectivity index (χ3v) is 4.96. The fraction of sp³-hybridized carbons (Fsp3) is 0.529. The Labute approximate surface area is 142 Å². The number of aromatic nitrogens is 2. The monoisotopic (exact) mass is 334 g/mol. The Morgan fingerprint density at radius 1 is 1.26 bits per heavy atom. The molecule has 0 radical (unpaired) electrons. The van der Waals surface area contributed by atoms with Crippen molar-refractivity contribution >= 4 is 12.4 Å². The number of halogens is 1. The molecule has 1 aliphatic heterocycles. The van der Waals surface area contributed by atoms with Gasteiger partial charge in [-0.25, -0.2) is 0 Å². The first kappa shape index (κ1) is 16.4. The molecule has 1 saturated carbocycles. The van der Waals surface area contributed by atoms with Gasteiger partial charge in [-0.2, -0.15) is 4.98 Å². The van der Waals surface area contributed by atoms with E-state index in [2.05, 4.69) is 53.6 Å². The zero-order chi connectivity index (χ0) is 15.1. The number of nitrogens with zero attached hydrogens (tertiary/aromatic N) is 3. The van der Waals surface area contributed by atoms with Crippen LogP contribution in [0.2, 0.25) is 0 Å². The van der Waals surface area contributed by atoms with E-state index in [1.807, 2.05) is 0 Å². The van der Waals surface area contributed by atoms with Crippen molar-refractivity contribution in [3.05, 3.63) is 47.1 Å². The summed E-state index contributed by atoms with van der Waals surface area (Å²) in [6.07, 6.45) is 1.12. The highest BCUT2D eigenvalue weighted by Gasteiger charge is 2.44. The van der Waals surface area contributed by atoms with E-state index in [-0.39, 0.29) is 18.4 Å². The lowest BCUT2D eigenvalue weighted by molar-refractivity contribution is 0.190. The van der Waals surface area contributed by atoms with Gasteiger partial charge in [-0.15, -0.1) is 12.4 Å². The molecule has 4 rings (SSSR count). The largest absolute Gasteiger partial charge is 0.339 e. The molecule has 124 valence electrons. The second kappa shape index (κ2) is 6.59. The molecule has 2 aliphatic rings. The highest BCUT2D eigenvalue weighted by Crippen LogP contribution is 2.54. The summed E-state index contributed by atoms with van der Waals surface area (Å²) in [5.74, 6) is 2.56. The Bertz CT molecular complexity index is 674. The molecule has 23 heavy (non-hydrogen) atoms. The van der Waals surface area contributed by atoms with Gasteiger partial charge in [0.25, 0.3) is 0 Å². The third kappa shape index (κ3) is 3.13. The zero-order valence-corrected chi connectivity index (χ0v) is 14.3. The quantitative estimate of drug-likeness (QED) is 0.935. The lowest BCUT2D eigenvalue weighted by Crippen LogP contribution is -2.44. The molecular weight excluding hydrogens is 312 g/mol. The molecule has 1 aromatic carbocycles. The highest BCUT2D eigenvalue weighted by atomic mass is 35.5. The van der Waals surface area contributed by atoms with Crippen LogP contribution in [-0.2, 0) is 0 Å². The molecule has 2 heterocycles. The number of benzene rings is 1. The molecule has 2 fully saturated rings. The van der Waals surface area contributed by atoms with Crippen LogP contribution in [0.3, 0.4) is 0 Å². The van der Waals surface area contributed by atoms with Gasteiger partial charge in [0.15, 0.2) is 5.82 Å². The number of hydrogen-bond donors (Lipinski definition) is 1. The Kier molecular flexibility index (Phi) is 4.71. The van der Waals surface area contributed by atoms with Gasteiger partial charge in [0.1, 0.15) is 0 Å². The molecular formula is C17H23ClN4O. The van der Waals surface area contributed by atoms with Gasteiger partial charge in [-0.3, -0.25) is 4.90 Å². The molecule has 3 atom stereocenters. The highest BCUT2D eigenvalue weighted by molar-refractivity contribution is 5.85. The van der Waals surface area contributed by atoms with Crippen molar-refractivity contribution < 1.29 is 4.52 Å². The number of likely N-dealkylation sites (N-methyl/N-ethyl adjacent to an activating group) is 1. The van der Waals surface area contributed by atoms with Crippen LogP contribution in [0.15, 0.2) is 28.8 Å². The summed E-state index contributed by atoms with van der Waals surface area (Å²) in [6.45, 7) is 5.10. The third-order valence-electron chi connectivity index (χ3n) is 4.96. The molecule has 1 saturated heterocycles. The number of nitrogens with one attached hydrogen (secondary N) is 1. The molecule has 0 amide bonds. The Hall–Kier alpha value is -1.43. The van der Waals surface area contributed by atoms with Crippen LogP contribution in [0.1, 0.15) is 47.1 Å². The van der Waals surface area contributed by atoms with Crippen LogP contribution in [0.4, 0.5) is 0 Å². The summed E-state index contributed by atoms with van der Waals surface area (Å²) in [4.78, 5) is 6.98. The summed E-state index contributed by atoms with van der Waals surface area (Å²) >= 11 is 0. The normalized spacial score (nSPS) is 27.5. The molecule has 5 nitrogen and oxygen atoms in total. The van der Waals surface area contributed by atoms with E-state index in [0.717, 1.165) is 37.8 Å². The first-order valence-corrected chi connectivity index (χ1v) is 8.04. The van der Waals surface area contributed by atoms with E-state index in [9.17, 15) is 0 Å². The van der Waals surface area contributed by atoms with Crippen molar-refractivity contribution in [2.45, 2.75) is 31.2 Å². The molecule has 0 spiro atoms. The van der Waals surface area contributed by atoms with Crippen LogP contribution >= 0.6 is 12.4 Å². The summed E-state index contributed by atoms with van der Waals surface area (Å²) in [7, 11) is 2.12. The Morgan fingerprint density at radius 2 is 2.09 bits per heavy atom. The van der Waals surface area contributed by atoms with Gasteiger partial charge < -0.3 is 9.84 Å². The van der Waals surface area contributed by atoms with Crippen LogP contribution in [-0.4, -0.2) is 41.7 Å². The van der Waals surface area contributed by atoms with Crippen molar-refractivity contribution in [3.8, 4) is 0 Å². The van der Waals surface area contributed by atoms with E-state index >= 15 is 0 Å². The molecule has 3 unspecified atom stereocenters. The minimum atomic E-state index is 0. The summed E-state index contributed by atoms with van der Waals surface area (Å²) < 4.78 is 5.57. The van der Waals surface area contributed by atoms with Crippen molar-refractivity contribution in [2.24, 2.45) is 0 Å². The van der Waals surface area contributed by atoms with Crippen LogP contribution < -0.4 is 5.32 Å². The summed E-state index contributed by atoms with van der Waals surface area (Å²) in [6, 6.07) is 8.82. The number of rotatable bonds is 3. The molecule has 1 N–H and O–H groups in total.